The monoisotopic (exact) mass is 241 g/mol. The van der Waals surface area contributed by atoms with E-state index in [1.54, 1.807) is 18.2 Å². The third-order valence-electron chi connectivity index (χ3n) is 2.79. The number of carboxylic acids is 1. The largest absolute Gasteiger partial charge is 0.478 e. The molecule has 2 N–H and O–H groups in total. The van der Waals surface area contributed by atoms with E-state index < -0.39 is 5.97 Å². The number of carboxylic acid groups (broad SMARTS) is 1. The lowest BCUT2D eigenvalue weighted by molar-refractivity contribution is 0.0697. The second-order valence-electron chi connectivity index (χ2n) is 4.16. The number of anilines is 1. The molecule has 3 heteroatoms. The van der Waals surface area contributed by atoms with Crippen LogP contribution in [0.2, 0.25) is 0 Å². The Morgan fingerprint density at radius 3 is 2.50 bits per heavy atom. The topological polar surface area (TPSA) is 49.3 Å². The van der Waals surface area contributed by atoms with Crippen molar-refractivity contribution in [3.8, 4) is 0 Å². The van der Waals surface area contributed by atoms with Gasteiger partial charge < -0.3 is 10.4 Å². The summed E-state index contributed by atoms with van der Waals surface area (Å²) in [6.07, 6.45) is 0. The number of hydrogen-bond donors (Lipinski definition) is 2. The van der Waals surface area contributed by atoms with Gasteiger partial charge in [-0.15, -0.1) is 0 Å². The molecule has 0 aliphatic rings. The van der Waals surface area contributed by atoms with Gasteiger partial charge >= 0.3 is 5.97 Å². The summed E-state index contributed by atoms with van der Waals surface area (Å²) < 4.78 is 0. The average molecular weight is 241 g/mol. The zero-order valence-electron chi connectivity index (χ0n) is 10.1. The van der Waals surface area contributed by atoms with Crippen molar-refractivity contribution in [3.05, 3.63) is 65.7 Å². The van der Waals surface area contributed by atoms with Crippen LogP contribution < -0.4 is 5.32 Å². The molecule has 0 saturated heterocycles. The number of aromatic carboxylic acids is 1. The summed E-state index contributed by atoms with van der Waals surface area (Å²) in [6, 6.07) is 17.0. The lowest BCUT2D eigenvalue weighted by Gasteiger charge is -2.15. The van der Waals surface area contributed by atoms with Gasteiger partial charge in [-0.25, -0.2) is 4.79 Å². The van der Waals surface area contributed by atoms with Crippen molar-refractivity contribution in [2.75, 3.05) is 5.32 Å². The minimum absolute atomic E-state index is 0.134. The van der Waals surface area contributed by atoms with E-state index in [9.17, 15) is 4.79 Å². The van der Waals surface area contributed by atoms with Gasteiger partial charge in [-0.05, 0) is 30.7 Å². The van der Waals surface area contributed by atoms with Crippen LogP contribution >= 0.6 is 0 Å². The third-order valence-corrected chi connectivity index (χ3v) is 2.79. The molecule has 2 aromatic rings. The molecule has 0 heterocycles. The van der Waals surface area contributed by atoms with Crippen molar-refractivity contribution in [2.45, 2.75) is 13.0 Å². The lowest BCUT2D eigenvalue weighted by atomic mass is 10.1. The number of benzene rings is 2. The summed E-state index contributed by atoms with van der Waals surface area (Å²) in [5.41, 5.74) is 2.27. The molecule has 2 rings (SSSR count). The van der Waals surface area contributed by atoms with E-state index in [-0.39, 0.29) is 6.04 Å². The van der Waals surface area contributed by atoms with Gasteiger partial charge in [0.1, 0.15) is 0 Å². The highest BCUT2D eigenvalue weighted by molar-refractivity contribution is 5.88. The highest BCUT2D eigenvalue weighted by Gasteiger charge is 2.07. The van der Waals surface area contributed by atoms with Crippen molar-refractivity contribution >= 4 is 11.7 Å². The van der Waals surface area contributed by atoms with Gasteiger partial charge in [0.15, 0.2) is 0 Å². The molecule has 0 aromatic heterocycles. The van der Waals surface area contributed by atoms with Crippen LogP contribution in [-0.4, -0.2) is 11.1 Å². The summed E-state index contributed by atoms with van der Waals surface area (Å²) in [4.78, 5) is 10.9. The fraction of sp³-hybridized carbons (Fsp3) is 0.133. The maximum atomic E-state index is 10.9. The molecule has 0 fully saturated rings. The van der Waals surface area contributed by atoms with Gasteiger partial charge in [-0.1, -0.05) is 36.4 Å². The Hall–Kier alpha value is -2.29. The van der Waals surface area contributed by atoms with Crippen molar-refractivity contribution in [3.63, 3.8) is 0 Å². The Kier molecular flexibility index (Phi) is 3.63. The van der Waals surface area contributed by atoms with Crippen molar-refractivity contribution in [1.82, 2.24) is 0 Å². The average Bonchev–Trinajstić information content (AvgIpc) is 2.40. The maximum absolute atomic E-state index is 10.9. The quantitative estimate of drug-likeness (QED) is 0.860. The molecule has 3 nitrogen and oxygen atoms in total. The van der Waals surface area contributed by atoms with Crippen LogP contribution in [0.1, 0.15) is 28.9 Å². The van der Waals surface area contributed by atoms with Crippen molar-refractivity contribution in [2.24, 2.45) is 0 Å². The van der Waals surface area contributed by atoms with E-state index >= 15 is 0 Å². The molecule has 18 heavy (non-hydrogen) atoms. The molecule has 0 spiro atoms. The van der Waals surface area contributed by atoms with Gasteiger partial charge in [-0.3, -0.25) is 0 Å². The molecule has 2 aromatic carbocycles. The summed E-state index contributed by atoms with van der Waals surface area (Å²) in [6.45, 7) is 2.04. The van der Waals surface area contributed by atoms with E-state index in [4.69, 9.17) is 5.11 Å². The third kappa shape index (κ3) is 2.88. The van der Waals surface area contributed by atoms with E-state index in [0.29, 0.717) is 5.56 Å². The van der Waals surface area contributed by atoms with Gasteiger partial charge in [0.25, 0.3) is 0 Å². The number of carbonyl (C=O) groups is 1. The molecule has 0 radical (unpaired) electrons. The second-order valence-corrected chi connectivity index (χ2v) is 4.16. The van der Waals surface area contributed by atoms with E-state index in [2.05, 4.69) is 5.32 Å². The zero-order valence-corrected chi connectivity index (χ0v) is 10.1. The Balaban J connectivity index is 2.14. The molecule has 1 unspecified atom stereocenters. The Morgan fingerprint density at radius 1 is 1.11 bits per heavy atom. The van der Waals surface area contributed by atoms with E-state index in [1.807, 2.05) is 43.3 Å². The molecular formula is C15H15NO2. The summed E-state index contributed by atoms with van der Waals surface area (Å²) in [5.74, 6) is -0.911. The normalized spacial score (nSPS) is 11.8. The van der Waals surface area contributed by atoms with Crippen LogP contribution in [0.25, 0.3) is 0 Å². The molecule has 1 atom stereocenters. The fourth-order valence-corrected chi connectivity index (χ4v) is 1.82. The fourth-order valence-electron chi connectivity index (χ4n) is 1.82. The summed E-state index contributed by atoms with van der Waals surface area (Å²) >= 11 is 0. The van der Waals surface area contributed by atoms with E-state index in [0.717, 1.165) is 5.69 Å². The summed E-state index contributed by atoms with van der Waals surface area (Å²) in [7, 11) is 0. The van der Waals surface area contributed by atoms with Crippen molar-refractivity contribution in [1.29, 1.82) is 0 Å². The second kappa shape index (κ2) is 5.36. The smallest absolute Gasteiger partial charge is 0.335 e. The van der Waals surface area contributed by atoms with Crippen molar-refractivity contribution < 1.29 is 9.90 Å². The minimum Gasteiger partial charge on any atom is -0.478 e. The minimum atomic E-state index is -0.911. The number of hydrogen-bond acceptors (Lipinski definition) is 2. The van der Waals surface area contributed by atoms with Crippen LogP contribution in [-0.2, 0) is 0 Å². The molecule has 92 valence electrons. The van der Waals surface area contributed by atoms with Crippen LogP contribution in [0.5, 0.6) is 0 Å². The first kappa shape index (κ1) is 12.2. The molecule has 0 bridgehead atoms. The first-order chi connectivity index (χ1) is 8.66. The van der Waals surface area contributed by atoms with Gasteiger partial charge in [0.2, 0.25) is 0 Å². The Bertz CT molecular complexity index is 537. The van der Waals surface area contributed by atoms with Crippen LogP contribution in [0.4, 0.5) is 5.69 Å². The molecular weight excluding hydrogens is 226 g/mol. The lowest BCUT2D eigenvalue weighted by Crippen LogP contribution is -2.07. The van der Waals surface area contributed by atoms with Crippen LogP contribution in [0, 0.1) is 0 Å². The van der Waals surface area contributed by atoms with E-state index in [1.165, 1.54) is 5.56 Å². The van der Waals surface area contributed by atoms with Gasteiger partial charge in [-0.2, -0.15) is 0 Å². The van der Waals surface area contributed by atoms with Gasteiger partial charge in [0.05, 0.1) is 5.56 Å². The number of rotatable bonds is 4. The summed E-state index contributed by atoms with van der Waals surface area (Å²) in [5, 5.41) is 12.2. The first-order valence-corrected chi connectivity index (χ1v) is 5.81. The van der Waals surface area contributed by atoms with Gasteiger partial charge in [0, 0.05) is 11.7 Å². The zero-order chi connectivity index (χ0) is 13.0. The highest BCUT2D eigenvalue weighted by atomic mass is 16.4. The molecule has 0 aliphatic carbocycles. The Morgan fingerprint density at radius 2 is 1.83 bits per heavy atom. The first-order valence-electron chi connectivity index (χ1n) is 5.81. The molecule has 0 aliphatic heterocycles. The van der Waals surface area contributed by atoms with Crippen LogP contribution in [0.15, 0.2) is 54.6 Å². The highest BCUT2D eigenvalue weighted by Crippen LogP contribution is 2.19. The maximum Gasteiger partial charge on any atom is 0.335 e. The molecule has 0 amide bonds. The standard InChI is InChI=1S/C15H15NO2/c1-11(12-6-3-2-4-7-12)16-14-9-5-8-13(10-14)15(17)18/h2-11,16H,1H3,(H,17,18). The Labute approximate surface area is 106 Å². The SMILES string of the molecule is CC(Nc1cccc(C(=O)O)c1)c1ccccc1. The predicted molar refractivity (Wildman–Crippen MR) is 71.9 cm³/mol. The molecule has 0 saturated carbocycles. The predicted octanol–water partition coefficient (Wildman–Crippen LogP) is 3.56. The number of nitrogens with one attached hydrogen (secondary N) is 1. The van der Waals surface area contributed by atoms with Crippen LogP contribution in [0.3, 0.4) is 0 Å².